The van der Waals surface area contributed by atoms with Gasteiger partial charge < -0.3 is 15.2 Å². The fraction of sp³-hybridized carbons (Fsp3) is 0.444. The predicted octanol–water partition coefficient (Wildman–Crippen LogP) is 2.50. The van der Waals surface area contributed by atoms with Crippen molar-refractivity contribution in [2.45, 2.75) is 39.0 Å². The lowest BCUT2D eigenvalue weighted by molar-refractivity contribution is -0.125. The number of nitrogens with zero attached hydrogens (tertiary/aromatic N) is 2. The summed E-state index contributed by atoms with van der Waals surface area (Å²) in [6.45, 7) is 6.00. The molecule has 25 heavy (non-hydrogen) atoms. The third-order valence-corrected chi connectivity index (χ3v) is 3.87. The van der Waals surface area contributed by atoms with Crippen LogP contribution in [0, 0.1) is 5.92 Å². The zero-order chi connectivity index (χ0) is 18.0. The number of hydrogen-bond acceptors (Lipinski definition) is 5. The Kier molecular flexibility index (Phi) is 4.57. The van der Waals surface area contributed by atoms with Crippen LogP contribution in [0.25, 0.3) is 11.4 Å². The topological polar surface area (TPSA) is 97.1 Å². The molecule has 1 aliphatic rings. The molecule has 2 aromatic rings. The average Bonchev–Trinajstić information content (AvgIpc) is 3.29. The minimum atomic E-state index is -0.253. The summed E-state index contributed by atoms with van der Waals surface area (Å²) < 4.78 is 5.29. The Hall–Kier alpha value is -2.70. The summed E-state index contributed by atoms with van der Waals surface area (Å²) in [6.07, 6.45) is 1.84. The van der Waals surface area contributed by atoms with Gasteiger partial charge in [-0.05, 0) is 37.1 Å². The standard InChI is InChI=1S/C18H22N4O3/c1-18(2,3)17-21-15(22-25-17)11-6-8-13(9-7-11)20-14(23)10-19-16(24)12-4-5-12/h6-9,12H,4-5,10H2,1-3H3,(H,19,24)(H,20,23). The van der Waals surface area contributed by atoms with E-state index in [1.165, 1.54) is 0 Å². The summed E-state index contributed by atoms with van der Waals surface area (Å²) in [5.41, 5.74) is 1.25. The molecule has 1 heterocycles. The van der Waals surface area contributed by atoms with Gasteiger partial charge in [0.2, 0.25) is 23.5 Å². The number of carbonyl (C=O) groups is 2. The van der Waals surface area contributed by atoms with E-state index in [-0.39, 0.29) is 29.7 Å². The van der Waals surface area contributed by atoms with E-state index in [1.54, 1.807) is 12.1 Å². The quantitative estimate of drug-likeness (QED) is 0.870. The van der Waals surface area contributed by atoms with Gasteiger partial charge >= 0.3 is 0 Å². The zero-order valence-corrected chi connectivity index (χ0v) is 14.6. The first-order chi connectivity index (χ1) is 11.8. The van der Waals surface area contributed by atoms with Crippen molar-refractivity contribution >= 4 is 17.5 Å². The van der Waals surface area contributed by atoms with Crippen molar-refractivity contribution in [3.05, 3.63) is 30.2 Å². The first kappa shape index (κ1) is 17.1. The summed E-state index contributed by atoms with van der Waals surface area (Å²) in [7, 11) is 0. The van der Waals surface area contributed by atoms with Gasteiger partial charge in [-0.3, -0.25) is 9.59 Å². The molecule has 7 heteroatoms. The smallest absolute Gasteiger partial charge is 0.243 e. The zero-order valence-electron chi connectivity index (χ0n) is 14.6. The molecular weight excluding hydrogens is 320 g/mol. The molecule has 0 aliphatic heterocycles. The molecule has 1 aromatic heterocycles. The molecule has 7 nitrogen and oxygen atoms in total. The van der Waals surface area contributed by atoms with E-state index < -0.39 is 0 Å². The molecule has 0 atom stereocenters. The van der Waals surface area contributed by atoms with Gasteiger partial charge in [-0.2, -0.15) is 4.98 Å². The second-order valence-electron chi connectivity index (χ2n) is 7.29. The lowest BCUT2D eigenvalue weighted by Gasteiger charge is -2.10. The second-order valence-corrected chi connectivity index (χ2v) is 7.29. The van der Waals surface area contributed by atoms with E-state index in [1.807, 2.05) is 32.9 Å². The number of hydrogen-bond donors (Lipinski definition) is 2. The van der Waals surface area contributed by atoms with Crippen molar-refractivity contribution in [2.24, 2.45) is 5.92 Å². The Labute approximate surface area is 146 Å². The molecule has 1 saturated carbocycles. The lowest BCUT2D eigenvalue weighted by atomic mass is 9.97. The highest BCUT2D eigenvalue weighted by Gasteiger charge is 2.29. The molecule has 2 N–H and O–H groups in total. The SMILES string of the molecule is CC(C)(C)c1nc(-c2ccc(NC(=O)CNC(=O)C3CC3)cc2)no1. The molecule has 132 valence electrons. The Balaban J connectivity index is 1.57. The lowest BCUT2D eigenvalue weighted by Crippen LogP contribution is -2.33. The van der Waals surface area contributed by atoms with Crippen LogP contribution in [-0.4, -0.2) is 28.5 Å². The van der Waals surface area contributed by atoms with Crippen LogP contribution in [0.3, 0.4) is 0 Å². The third kappa shape index (κ3) is 4.43. The molecule has 0 spiro atoms. The number of rotatable bonds is 5. The normalized spacial score (nSPS) is 14.2. The molecule has 1 aliphatic carbocycles. The molecule has 1 fully saturated rings. The molecule has 0 radical (unpaired) electrons. The fourth-order valence-electron chi connectivity index (χ4n) is 2.21. The van der Waals surface area contributed by atoms with Crippen LogP contribution in [0.15, 0.2) is 28.8 Å². The number of nitrogens with one attached hydrogen (secondary N) is 2. The van der Waals surface area contributed by atoms with Gasteiger partial charge in [0, 0.05) is 22.6 Å². The molecule has 0 saturated heterocycles. The highest BCUT2D eigenvalue weighted by atomic mass is 16.5. The number of carbonyl (C=O) groups excluding carboxylic acids is 2. The Morgan fingerprint density at radius 3 is 2.44 bits per heavy atom. The molecule has 2 amide bonds. The van der Waals surface area contributed by atoms with Gasteiger partial charge in [0.1, 0.15) is 0 Å². The van der Waals surface area contributed by atoms with Gasteiger partial charge in [-0.15, -0.1) is 0 Å². The number of aromatic nitrogens is 2. The van der Waals surface area contributed by atoms with Gasteiger partial charge in [0.25, 0.3) is 0 Å². The monoisotopic (exact) mass is 342 g/mol. The summed E-state index contributed by atoms with van der Waals surface area (Å²) in [4.78, 5) is 27.8. The van der Waals surface area contributed by atoms with Crippen LogP contribution in [0.4, 0.5) is 5.69 Å². The first-order valence-electron chi connectivity index (χ1n) is 8.35. The summed E-state index contributed by atoms with van der Waals surface area (Å²) in [6, 6.07) is 7.16. The third-order valence-electron chi connectivity index (χ3n) is 3.87. The highest BCUT2D eigenvalue weighted by molar-refractivity contribution is 5.95. The van der Waals surface area contributed by atoms with Crippen molar-refractivity contribution < 1.29 is 14.1 Å². The van der Waals surface area contributed by atoms with Crippen molar-refractivity contribution in [1.82, 2.24) is 15.5 Å². The van der Waals surface area contributed by atoms with E-state index in [0.29, 0.717) is 17.4 Å². The van der Waals surface area contributed by atoms with E-state index in [0.717, 1.165) is 18.4 Å². The van der Waals surface area contributed by atoms with Crippen molar-refractivity contribution in [3.63, 3.8) is 0 Å². The van der Waals surface area contributed by atoms with E-state index in [2.05, 4.69) is 20.8 Å². The molecule has 3 rings (SSSR count). The maximum absolute atomic E-state index is 11.9. The maximum Gasteiger partial charge on any atom is 0.243 e. The Morgan fingerprint density at radius 1 is 1.20 bits per heavy atom. The fourth-order valence-corrected chi connectivity index (χ4v) is 2.21. The van der Waals surface area contributed by atoms with Gasteiger partial charge in [0.15, 0.2) is 0 Å². The molecular formula is C18H22N4O3. The maximum atomic E-state index is 11.9. The number of amides is 2. The van der Waals surface area contributed by atoms with Gasteiger partial charge in [-0.1, -0.05) is 25.9 Å². The van der Waals surface area contributed by atoms with Crippen LogP contribution in [0.2, 0.25) is 0 Å². The predicted molar refractivity (Wildman–Crippen MR) is 92.8 cm³/mol. The Bertz CT molecular complexity index is 770. The molecule has 0 unspecified atom stereocenters. The summed E-state index contributed by atoms with van der Waals surface area (Å²) in [5.74, 6) is 0.888. The number of anilines is 1. The van der Waals surface area contributed by atoms with Crippen LogP contribution in [-0.2, 0) is 15.0 Å². The second kappa shape index (κ2) is 6.66. The first-order valence-corrected chi connectivity index (χ1v) is 8.35. The van der Waals surface area contributed by atoms with E-state index in [4.69, 9.17) is 4.52 Å². The highest BCUT2D eigenvalue weighted by Crippen LogP contribution is 2.28. The van der Waals surface area contributed by atoms with Crippen LogP contribution in [0.1, 0.15) is 39.5 Å². The minimum Gasteiger partial charge on any atom is -0.347 e. The number of benzene rings is 1. The largest absolute Gasteiger partial charge is 0.347 e. The Morgan fingerprint density at radius 2 is 1.88 bits per heavy atom. The summed E-state index contributed by atoms with van der Waals surface area (Å²) in [5, 5.41) is 9.38. The van der Waals surface area contributed by atoms with Crippen molar-refractivity contribution in [1.29, 1.82) is 0 Å². The van der Waals surface area contributed by atoms with E-state index in [9.17, 15) is 9.59 Å². The van der Waals surface area contributed by atoms with Crippen molar-refractivity contribution in [2.75, 3.05) is 11.9 Å². The van der Waals surface area contributed by atoms with Crippen LogP contribution >= 0.6 is 0 Å². The summed E-state index contributed by atoms with van der Waals surface area (Å²) >= 11 is 0. The van der Waals surface area contributed by atoms with Gasteiger partial charge in [-0.25, -0.2) is 0 Å². The van der Waals surface area contributed by atoms with Crippen molar-refractivity contribution in [3.8, 4) is 11.4 Å². The van der Waals surface area contributed by atoms with E-state index >= 15 is 0 Å². The van der Waals surface area contributed by atoms with Crippen LogP contribution in [0.5, 0.6) is 0 Å². The van der Waals surface area contributed by atoms with Crippen LogP contribution < -0.4 is 10.6 Å². The van der Waals surface area contributed by atoms with Gasteiger partial charge in [0.05, 0.1) is 6.54 Å². The minimum absolute atomic E-state index is 0.0170. The molecule has 0 bridgehead atoms. The average molecular weight is 342 g/mol. The molecule has 1 aromatic carbocycles.